The number of nitrogens with zero attached hydrogens (tertiary/aromatic N) is 1. The quantitative estimate of drug-likeness (QED) is 0.275. The van der Waals surface area contributed by atoms with Gasteiger partial charge in [0, 0.05) is 16.3 Å². The summed E-state index contributed by atoms with van der Waals surface area (Å²) in [7, 11) is 0. The molecule has 1 amide bonds. The van der Waals surface area contributed by atoms with E-state index >= 15 is 0 Å². The molecule has 0 aliphatic carbocycles. The number of carbonyl (C=O) groups is 2. The van der Waals surface area contributed by atoms with E-state index in [2.05, 4.69) is 0 Å². The van der Waals surface area contributed by atoms with Crippen molar-refractivity contribution in [3.63, 3.8) is 0 Å². The molecule has 5 nitrogen and oxygen atoms in total. The van der Waals surface area contributed by atoms with E-state index in [0.717, 1.165) is 12.0 Å². The lowest BCUT2D eigenvalue weighted by atomic mass is 9.94. The van der Waals surface area contributed by atoms with Crippen molar-refractivity contribution < 1.29 is 19.4 Å². The third-order valence-corrected chi connectivity index (χ3v) is 5.79. The van der Waals surface area contributed by atoms with Gasteiger partial charge in [-0.2, -0.15) is 0 Å². The normalized spacial score (nSPS) is 17.4. The molecule has 6 heteroatoms. The molecule has 4 rings (SSSR count). The highest BCUT2D eigenvalue weighted by Gasteiger charge is 2.47. The van der Waals surface area contributed by atoms with Crippen molar-refractivity contribution in [3.8, 4) is 5.75 Å². The van der Waals surface area contributed by atoms with Crippen LogP contribution < -0.4 is 9.64 Å². The average Bonchev–Trinajstić information content (AvgIpc) is 3.09. The largest absolute Gasteiger partial charge is 0.507 e. The number of hydrogen-bond acceptors (Lipinski definition) is 4. The summed E-state index contributed by atoms with van der Waals surface area (Å²) in [4.78, 5) is 27.7. The van der Waals surface area contributed by atoms with E-state index in [1.165, 1.54) is 4.90 Å². The van der Waals surface area contributed by atoms with Gasteiger partial charge in [-0.25, -0.2) is 0 Å². The van der Waals surface area contributed by atoms with Gasteiger partial charge in [0.2, 0.25) is 0 Å². The van der Waals surface area contributed by atoms with E-state index in [1.807, 2.05) is 44.2 Å². The van der Waals surface area contributed by atoms with Crippen molar-refractivity contribution in [2.75, 3.05) is 11.5 Å². The molecule has 0 spiro atoms. The Balaban J connectivity index is 1.87. The third-order valence-electron chi connectivity index (χ3n) is 5.56. The number of benzene rings is 3. The molecule has 1 aliphatic rings. The Hall–Kier alpha value is -3.57. The van der Waals surface area contributed by atoms with E-state index in [9.17, 15) is 14.7 Å². The number of halogens is 1. The van der Waals surface area contributed by atoms with Crippen molar-refractivity contribution in [1.82, 2.24) is 0 Å². The highest BCUT2D eigenvalue weighted by molar-refractivity contribution is 6.51. The molecule has 1 fully saturated rings. The molecule has 1 heterocycles. The number of amides is 1. The summed E-state index contributed by atoms with van der Waals surface area (Å²) in [5, 5.41) is 11.7. The van der Waals surface area contributed by atoms with Gasteiger partial charge in [-0.1, -0.05) is 54.9 Å². The minimum absolute atomic E-state index is 0.0350. The fourth-order valence-electron chi connectivity index (χ4n) is 4.00. The van der Waals surface area contributed by atoms with Crippen LogP contribution in [0.3, 0.4) is 0 Å². The van der Waals surface area contributed by atoms with Gasteiger partial charge < -0.3 is 9.84 Å². The fraction of sp³-hybridized carbons (Fsp3) is 0.185. The number of ketones is 1. The first-order chi connectivity index (χ1) is 15.9. The molecule has 1 aliphatic heterocycles. The van der Waals surface area contributed by atoms with Crippen LogP contribution in [-0.4, -0.2) is 23.4 Å². The standard InChI is InChI=1S/C27H24ClNO4/c1-3-14-33-22-13-12-19(15-17(22)2)25(30)23-24(18-8-5-4-6-9-18)29(27(32)26(23)31)21-11-7-10-20(28)16-21/h4-13,15-16,24,30H,3,14H2,1-2H3/b25-23+. The Kier molecular flexibility index (Phi) is 6.52. The number of aliphatic hydroxyl groups excluding tert-OH is 1. The molecule has 168 valence electrons. The van der Waals surface area contributed by atoms with Crippen LogP contribution in [0.1, 0.15) is 36.1 Å². The monoisotopic (exact) mass is 461 g/mol. The predicted molar refractivity (Wildman–Crippen MR) is 130 cm³/mol. The maximum Gasteiger partial charge on any atom is 0.300 e. The predicted octanol–water partition coefficient (Wildman–Crippen LogP) is 6.06. The van der Waals surface area contributed by atoms with Crippen molar-refractivity contribution in [1.29, 1.82) is 0 Å². The van der Waals surface area contributed by atoms with Crippen molar-refractivity contribution in [2.45, 2.75) is 26.3 Å². The molecule has 1 saturated heterocycles. The van der Waals surface area contributed by atoms with Crippen LogP contribution in [0.5, 0.6) is 5.75 Å². The van der Waals surface area contributed by atoms with Gasteiger partial charge in [-0.3, -0.25) is 14.5 Å². The van der Waals surface area contributed by atoms with Crippen LogP contribution in [0.25, 0.3) is 5.76 Å². The Labute approximate surface area is 197 Å². The number of carbonyl (C=O) groups excluding carboxylic acids is 2. The van der Waals surface area contributed by atoms with Gasteiger partial charge in [-0.05, 0) is 60.9 Å². The molecule has 0 aromatic heterocycles. The Morgan fingerprint density at radius 2 is 1.79 bits per heavy atom. The molecule has 1 unspecified atom stereocenters. The van der Waals surface area contributed by atoms with Crippen molar-refractivity contribution >= 4 is 34.7 Å². The van der Waals surface area contributed by atoms with Crippen LogP contribution in [0, 0.1) is 6.92 Å². The molecule has 0 radical (unpaired) electrons. The van der Waals surface area contributed by atoms with Gasteiger partial charge in [0.25, 0.3) is 11.7 Å². The summed E-state index contributed by atoms with van der Waals surface area (Å²) in [6.07, 6.45) is 0.880. The van der Waals surface area contributed by atoms with Crippen LogP contribution >= 0.6 is 11.6 Å². The van der Waals surface area contributed by atoms with Crippen LogP contribution in [0.4, 0.5) is 5.69 Å². The minimum atomic E-state index is -0.791. The van der Waals surface area contributed by atoms with Crippen LogP contribution in [-0.2, 0) is 9.59 Å². The lowest BCUT2D eigenvalue weighted by Crippen LogP contribution is -2.29. The molecule has 3 aromatic carbocycles. The maximum atomic E-state index is 13.2. The van der Waals surface area contributed by atoms with E-state index in [1.54, 1.807) is 42.5 Å². The zero-order valence-corrected chi connectivity index (χ0v) is 19.2. The van der Waals surface area contributed by atoms with Gasteiger partial charge in [-0.15, -0.1) is 0 Å². The summed E-state index contributed by atoms with van der Waals surface area (Å²) in [6, 6.07) is 20.4. The molecule has 33 heavy (non-hydrogen) atoms. The molecule has 1 N–H and O–H groups in total. The van der Waals surface area contributed by atoms with Crippen LogP contribution in [0.2, 0.25) is 5.02 Å². The van der Waals surface area contributed by atoms with Crippen LogP contribution in [0.15, 0.2) is 78.4 Å². The van der Waals surface area contributed by atoms with Gasteiger partial charge in [0.15, 0.2) is 0 Å². The number of rotatable bonds is 6. The first kappa shape index (κ1) is 22.6. The number of anilines is 1. The highest BCUT2D eigenvalue weighted by atomic mass is 35.5. The highest BCUT2D eigenvalue weighted by Crippen LogP contribution is 2.42. The Bertz CT molecular complexity index is 1240. The average molecular weight is 462 g/mol. The smallest absolute Gasteiger partial charge is 0.300 e. The summed E-state index contributed by atoms with van der Waals surface area (Å²) >= 11 is 6.17. The second-order valence-electron chi connectivity index (χ2n) is 7.89. The maximum absolute atomic E-state index is 13.2. The third kappa shape index (κ3) is 4.37. The topological polar surface area (TPSA) is 66.8 Å². The summed E-state index contributed by atoms with van der Waals surface area (Å²) in [5.74, 6) is -0.971. The number of aryl methyl sites for hydroxylation is 1. The van der Waals surface area contributed by atoms with Gasteiger partial charge in [0.05, 0.1) is 18.2 Å². The lowest BCUT2D eigenvalue weighted by Gasteiger charge is -2.25. The molecule has 1 atom stereocenters. The molecule has 3 aromatic rings. The zero-order chi connectivity index (χ0) is 23.5. The molecular formula is C27H24ClNO4. The second kappa shape index (κ2) is 9.51. The molecular weight excluding hydrogens is 438 g/mol. The summed E-state index contributed by atoms with van der Waals surface area (Å²) in [5.41, 5.74) is 2.50. The number of aliphatic hydroxyl groups is 1. The minimum Gasteiger partial charge on any atom is -0.507 e. The SMILES string of the molecule is CCCOc1ccc(/C(O)=C2\C(=O)C(=O)N(c3cccc(Cl)c3)C2c2ccccc2)cc1C. The Morgan fingerprint density at radius 1 is 1.03 bits per heavy atom. The molecule has 0 bridgehead atoms. The summed E-state index contributed by atoms with van der Waals surface area (Å²) in [6.45, 7) is 4.49. The van der Waals surface area contributed by atoms with E-state index in [0.29, 0.717) is 34.2 Å². The lowest BCUT2D eigenvalue weighted by molar-refractivity contribution is -0.132. The van der Waals surface area contributed by atoms with Gasteiger partial charge in [0.1, 0.15) is 11.5 Å². The van der Waals surface area contributed by atoms with E-state index < -0.39 is 17.7 Å². The number of hydrogen-bond donors (Lipinski definition) is 1. The van der Waals surface area contributed by atoms with Gasteiger partial charge >= 0.3 is 0 Å². The van der Waals surface area contributed by atoms with E-state index in [-0.39, 0.29) is 11.3 Å². The fourth-order valence-corrected chi connectivity index (χ4v) is 4.19. The first-order valence-electron chi connectivity index (χ1n) is 10.8. The summed E-state index contributed by atoms with van der Waals surface area (Å²) < 4.78 is 5.72. The molecule has 0 saturated carbocycles. The Morgan fingerprint density at radius 3 is 2.45 bits per heavy atom. The van der Waals surface area contributed by atoms with Crippen molar-refractivity contribution in [2.24, 2.45) is 0 Å². The number of Topliss-reactive ketones (excluding diaryl/α,β-unsaturated/α-hetero) is 1. The second-order valence-corrected chi connectivity index (χ2v) is 8.32. The zero-order valence-electron chi connectivity index (χ0n) is 18.4. The van der Waals surface area contributed by atoms with E-state index in [4.69, 9.17) is 16.3 Å². The van der Waals surface area contributed by atoms with Crippen molar-refractivity contribution in [3.05, 3.63) is 100 Å². The first-order valence-corrected chi connectivity index (χ1v) is 11.2. The number of ether oxygens (including phenoxy) is 1.